The van der Waals surface area contributed by atoms with E-state index in [0.29, 0.717) is 17.8 Å². The predicted octanol–water partition coefficient (Wildman–Crippen LogP) is 9.78. The molecule has 1 saturated carbocycles. The van der Waals surface area contributed by atoms with Crippen LogP contribution in [0.5, 0.6) is 0 Å². The first-order valence-corrected chi connectivity index (χ1v) is 12.2. The maximum absolute atomic E-state index is 2.51. The van der Waals surface area contributed by atoms with E-state index in [2.05, 4.69) is 104 Å². The van der Waals surface area contributed by atoms with Gasteiger partial charge in [-0.05, 0) is 91.4 Å². The quantitative estimate of drug-likeness (QED) is 0.277. The summed E-state index contributed by atoms with van der Waals surface area (Å²) in [5, 5.41) is 0. The maximum Gasteiger partial charge on any atom is -0.0102 e. The van der Waals surface area contributed by atoms with Crippen molar-refractivity contribution in [3.05, 3.63) is 70.9 Å². The minimum atomic E-state index is 0.576. The Labute approximate surface area is 188 Å². The van der Waals surface area contributed by atoms with Crippen LogP contribution in [0, 0.1) is 23.7 Å². The third-order valence-corrected chi connectivity index (χ3v) is 6.58. The summed E-state index contributed by atoms with van der Waals surface area (Å²) in [6, 6.07) is 0. The minimum Gasteiger partial charge on any atom is -0.0916 e. The molecule has 1 aliphatic rings. The van der Waals surface area contributed by atoms with Crippen molar-refractivity contribution < 1.29 is 0 Å². The van der Waals surface area contributed by atoms with Crippen LogP contribution in [0.3, 0.4) is 0 Å². The summed E-state index contributed by atoms with van der Waals surface area (Å²) < 4.78 is 0. The molecule has 4 atom stereocenters. The van der Waals surface area contributed by atoms with Gasteiger partial charge in [0.15, 0.2) is 0 Å². The van der Waals surface area contributed by atoms with Crippen LogP contribution in [0.2, 0.25) is 0 Å². The Bertz CT molecular complexity index is 669. The SMILES string of the molecule is CC=CCC1/C(=C/C=C(C)C)C(C(CC=CC)/C(C)=C/C=C(C)C)CCCCC1C. The second-order valence-corrected chi connectivity index (χ2v) is 9.76. The lowest BCUT2D eigenvalue weighted by Crippen LogP contribution is -2.27. The first-order chi connectivity index (χ1) is 14.3. The van der Waals surface area contributed by atoms with Gasteiger partial charge in [-0.3, -0.25) is 0 Å². The van der Waals surface area contributed by atoms with Crippen LogP contribution < -0.4 is 0 Å². The van der Waals surface area contributed by atoms with E-state index in [0.717, 1.165) is 12.3 Å². The minimum absolute atomic E-state index is 0.576. The Morgan fingerprint density at radius 1 is 0.867 bits per heavy atom. The van der Waals surface area contributed by atoms with Crippen LogP contribution in [0.1, 0.15) is 93.9 Å². The molecular formula is C30H48. The molecule has 0 aromatic carbocycles. The zero-order valence-corrected chi connectivity index (χ0v) is 21.2. The zero-order chi connectivity index (χ0) is 22.5. The summed E-state index contributed by atoms with van der Waals surface area (Å²) in [6.07, 6.45) is 26.5. The topological polar surface area (TPSA) is 0 Å². The molecule has 30 heavy (non-hydrogen) atoms. The van der Waals surface area contributed by atoms with Crippen molar-refractivity contribution in [1.82, 2.24) is 0 Å². The van der Waals surface area contributed by atoms with Gasteiger partial charge in [0.25, 0.3) is 0 Å². The summed E-state index contributed by atoms with van der Waals surface area (Å²) in [6.45, 7) is 18.0. The fraction of sp³-hybridized carbons (Fsp3) is 0.600. The lowest BCUT2D eigenvalue weighted by molar-refractivity contribution is 0.273. The molecular weight excluding hydrogens is 360 g/mol. The fourth-order valence-electron chi connectivity index (χ4n) is 4.77. The second kappa shape index (κ2) is 14.4. The van der Waals surface area contributed by atoms with E-state index in [9.17, 15) is 0 Å². The van der Waals surface area contributed by atoms with Gasteiger partial charge in [0.1, 0.15) is 0 Å². The largest absolute Gasteiger partial charge is 0.0916 e. The van der Waals surface area contributed by atoms with Crippen molar-refractivity contribution in [1.29, 1.82) is 0 Å². The molecule has 1 aliphatic carbocycles. The third-order valence-electron chi connectivity index (χ3n) is 6.58. The van der Waals surface area contributed by atoms with E-state index in [1.165, 1.54) is 48.8 Å². The normalized spacial score (nSPS) is 25.9. The van der Waals surface area contributed by atoms with Crippen LogP contribution in [-0.2, 0) is 0 Å². The number of hydrogen-bond acceptors (Lipinski definition) is 0. The van der Waals surface area contributed by atoms with Gasteiger partial charge in [-0.25, -0.2) is 0 Å². The molecule has 0 nitrogen and oxygen atoms in total. The Morgan fingerprint density at radius 2 is 1.50 bits per heavy atom. The van der Waals surface area contributed by atoms with Gasteiger partial charge in [0.2, 0.25) is 0 Å². The van der Waals surface area contributed by atoms with Gasteiger partial charge in [-0.15, -0.1) is 0 Å². The van der Waals surface area contributed by atoms with Crippen LogP contribution in [0.4, 0.5) is 0 Å². The van der Waals surface area contributed by atoms with Crippen molar-refractivity contribution in [2.75, 3.05) is 0 Å². The van der Waals surface area contributed by atoms with Crippen LogP contribution in [-0.4, -0.2) is 0 Å². The third kappa shape index (κ3) is 9.07. The molecule has 1 rings (SSSR count). The Hall–Kier alpha value is -1.56. The number of allylic oxidation sites excluding steroid dienone is 12. The Kier molecular flexibility index (Phi) is 12.7. The summed E-state index contributed by atoms with van der Waals surface area (Å²) >= 11 is 0. The summed E-state index contributed by atoms with van der Waals surface area (Å²) in [7, 11) is 0. The molecule has 4 unspecified atom stereocenters. The molecule has 0 N–H and O–H groups in total. The van der Waals surface area contributed by atoms with E-state index >= 15 is 0 Å². The first kappa shape index (κ1) is 26.5. The van der Waals surface area contributed by atoms with Crippen molar-refractivity contribution in [3.8, 4) is 0 Å². The molecule has 1 fully saturated rings. The van der Waals surface area contributed by atoms with Crippen molar-refractivity contribution in [2.24, 2.45) is 23.7 Å². The van der Waals surface area contributed by atoms with E-state index in [-0.39, 0.29) is 0 Å². The Morgan fingerprint density at radius 3 is 2.10 bits per heavy atom. The monoisotopic (exact) mass is 408 g/mol. The van der Waals surface area contributed by atoms with Crippen LogP contribution in [0.15, 0.2) is 70.9 Å². The predicted molar refractivity (Wildman–Crippen MR) is 138 cm³/mol. The molecule has 0 amide bonds. The number of rotatable bonds is 8. The van der Waals surface area contributed by atoms with Gasteiger partial charge in [0, 0.05) is 0 Å². The van der Waals surface area contributed by atoms with Crippen LogP contribution >= 0.6 is 0 Å². The molecule has 0 aliphatic heterocycles. The van der Waals surface area contributed by atoms with Gasteiger partial charge in [-0.2, -0.15) is 0 Å². The van der Waals surface area contributed by atoms with Crippen LogP contribution in [0.25, 0.3) is 0 Å². The van der Waals surface area contributed by atoms with E-state index in [1.54, 1.807) is 5.57 Å². The Balaban J connectivity index is 3.54. The summed E-state index contributed by atoms with van der Waals surface area (Å²) in [5.41, 5.74) is 5.99. The summed E-state index contributed by atoms with van der Waals surface area (Å²) in [5.74, 6) is 2.58. The average Bonchev–Trinajstić information content (AvgIpc) is 2.69. The highest BCUT2D eigenvalue weighted by molar-refractivity contribution is 5.27. The van der Waals surface area contributed by atoms with Crippen molar-refractivity contribution in [2.45, 2.75) is 93.9 Å². The lowest BCUT2D eigenvalue weighted by atomic mass is 9.67. The zero-order valence-electron chi connectivity index (χ0n) is 21.2. The average molecular weight is 409 g/mol. The van der Waals surface area contributed by atoms with Gasteiger partial charge in [0.05, 0.1) is 0 Å². The standard InChI is InChI=1S/C30H48/c1-9-11-16-27-25(7)15-13-14-18-29(30(27)22-20-24(5)6)28(17-12-10-2)26(8)21-19-23(3)4/h9-12,19-22,25,27-29H,13-18H2,1-8H3/b11-9?,12-10?,26-21+,30-22-. The maximum atomic E-state index is 2.51. The highest BCUT2D eigenvalue weighted by atomic mass is 14.4. The fourth-order valence-corrected chi connectivity index (χ4v) is 4.77. The highest BCUT2D eigenvalue weighted by Crippen LogP contribution is 2.44. The lowest BCUT2D eigenvalue weighted by Gasteiger charge is -2.38. The van der Waals surface area contributed by atoms with Crippen molar-refractivity contribution in [3.63, 3.8) is 0 Å². The number of hydrogen-bond donors (Lipinski definition) is 0. The molecule has 0 heterocycles. The highest BCUT2D eigenvalue weighted by Gasteiger charge is 2.32. The molecule has 0 bridgehead atoms. The van der Waals surface area contributed by atoms with E-state index < -0.39 is 0 Å². The van der Waals surface area contributed by atoms with Gasteiger partial charge < -0.3 is 0 Å². The molecule has 168 valence electrons. The molecule has 0 spiro atoms. The molecule has 0 aromatic heterocycles. The van der Waals surface area contributed by atoms with Gasteiger partial charge in [-0.1, -0.05) is 97.1 Å². The smallest absolute Gasteiger partial charge is 0.0102 e. The van der Waals surface area contributed by atoms with E-state index in [4.69, 9.17) is 0 Å². The van der Waals surface area contributed by atoms with E-state index in [1.807, 2.05) is 0 Å². The summed E-state index contributed by atoms with van der Waals surface area (Å²) in [4.78, 5) is 0. The molecule has 0 radical (unpaired) electrons. The van der Waals surface area contributed by atoms with Gasteiger partial charge >= 0.3 is 0 Å². The molecule has 0 aromatic rings. The molecule has 0 heteroatoms. The van der Waals surface area contributed by atoms with Crippen molar-refractivity contribution >= 4 is 0 Å². The molecule has 0 saturated heterocycles. The first-order valence-electron chi connectivity index (χ1n) is 12.2. The second-order valence-electron chi connectivity index (χ2n) is 9.76.